The predicted octanol–water partition coefficient (Wildman–Crippen LogP) is 3.96. The molecule has 3 aromatic rings. The first-order chi connectivity index (χ1) is 14.1. The summed E-state index contributed by atoms with van der Waals surface area (Å²) >= 11 is 0. The third-order valence-electron chi connectivity index (χ3n) is 7.10. The van der Waals surface area contributed by atoms with Gasteiger partial charge in [0.25, 0.3) is 0 Å². The molecule has 0 saturated carbocycles. The number of hydrogen-bond acceptors (Lipinski definition) is 3. The van der Waals surface area contributed by atoms with E-state index in [1.54, 1.807) is 0 Å². The van der Waals surface area contributed by atoms with Gasteiger partial charge in [0.15, 0.2) is 0 Å². The fraction of sp³-hybridized carbons (Fsp3) is 0.308. The SMILES string of the molecule is CC12CCC(C)(O1)C1C=c3nc(-c4ccccc4)c(-c4ccccc4)nc3=CC12. The lowest BCUT2D eigenvalue weighted by Crippen LogP contribution is -2.45. The maximum absolute atomic E-state index is 6.54. The average Bonchev–Trinajstić information content (AvgIpc) is 3.20. The monoisotopic (exact) mass is 380 g/mol. The molecule has 2 saturated heterocycles. The zero-order chi connectivity index (χ0) is 19.6. The second-order valence-electron chi connectivity index (χ2n) is 9.04. The van der Waals surface area contributed by atoms with Gasteiger partial charge in [-0.25, -0.2) is 9.97 Å². The van der Waals surface area contributed by atoms with Gasteiger partial charge in [-0.15, -0.1) is 0 Å². The Labute approximate surface area is 170 Å². The molecule has 1 aromatic heterocycles. The summed E-state index contributed by atoms with van der Waals surface area (Å²) in [5.74, 6) is 0.739. The zero-order valence-corrected chi connectivity index (χ0v) is 16.8. The van der Waals surface area contributed by atoms with Crippen molar-refractivity contribution >= 4 is 12.2 Å². The second kappa shape index (κ2) is 5.87. The van der Waals surface area contributed by atoms with Crippen LogP contribution in [0.1, 0.15) is 26.7 Å². The molecule has 2 fully saturated rings. The van der Waals surface area contributed by atoms with Gasteiger partial charge in [-0.2, -0.15) is 0 Å². The third-order valence-corrected chi connectivity index (χ3v) is 7.10. The first kappa shape index (κ1) is 17.1. The molecule has 2 bridgehead atoms. The number of hydrogen-bond donors (Lipinski definition) is 0. The van der Waals surface area contributed by atoms with Crippen LogP contribution in [0.3, 0.4) is 0 Å². The van der Waals surface area contributed by atoms with Crippen LogP contribution in [-0.4, -0.2) is 21.2 Å². The van der Waals surface area contributed by atoms with Gasteiger partial charge in [-0.1, -0.05) is 60.7 Å². The fourth-order valence-corrected chi connectivity index (χ4v) is 5.56. The molecule has 1 aliphatic carbocycles. The summed E-state index contributed by atoms with van der Waals surface area (Å²) < 4.78 is 6.54. The van der Waals surface area contributed by atoms with E-state index < -0.39 is 0 Å². The molecule has 0 radical (unpaired) electrons. The molecule has 3 aliphatic rings. The van der Waals surface area contributed by atoms with E-state index >= 15 is 0 Å². The summed E-state index contributed by atoms with van der Waals surface area (Å²) in [6.45, 7) is 4.53. The molecule has 0 amide bonds. The van der Waals surface area contributed by atoms with Gasteiger partial charge >= 0.3 is 0 Å². The Hall–Kier alpha value is -2.78. The summed E-state index contributed by atoms with van der Waals surface area (Å²) in [6, 6.07) is 20.8. The lowest BCUT2D eigenvalue weighted by atomic mass is 9.66. The van der Waals surface area contributed by atoms with E-state index in [0.29, 0.717) is 11.8 Å². The number of ether oxygens (including phenoxy) is 1. The van der Waals surface area contributed by atoms with Crippen molar-refractivity contribution < 1.29 is 4.74 Å². The molecule has 2 aliphatic heterocycles. The number of fused-ring (bicyclic) bond motifs is 6. The maximum atomic E-state index is 6.54. The van der Waals surface area contributed by atoms with E-state index in [2.05, 4.69) is 74.5 Å². The molecule has 2 aromatic carbocycles. The van der Waals surface area contributed by atoms with Crippen molar-refractivity contribution in [1.29, 1.82) is 0 Å². The van der Waals surface area contributed by atoms with Gasteiger partial charge in [0.05, 0.1) is 33.3 Å². The average molecular weight is 380 g/mol. The van der Waals surface area contributed by atoms with Crippen LogP contribution in [0.5, 0.6) is 0 Å². The van der Waals surface area contributed by atoms with Crippen molar-refractivity contribution in [2.24, 2.45) is 11.8 Å². The van der Waals surface area contributed by atoms with E-state index in [1.165, 1.54) is 0 Å². The minimum absolute atomic E-state index is 0.0830. The quantitative estimate of drug-likeness (QED) is 0.675. The van der Waals surface area contributed by atoms with Crippen LogP contribution in [-0.2, 0) is 4.74 Å². The molecule has 3 heterocycles. The smallest absolute Gasteiger partial charge is 0.0972 e. The molecule has 3 heteroatoms. The standard InChI is InChI=1S/C26H24N2O/c1-25-13-14-26(2,29-25)20-16-22-21(15-19(20)25)27-23(17-9-5-3-6-10-17)24(28-22)18-11-7-4-8-12-18/h3-12,15-16,19-20H,13-14H2,1-2H3. The number of benzene rings is 2. The number of nitrogens with zero attached hydrogens (tertiary/aromatic N) is 2. The van der Waals surface area contributed by atoms with Crippen LogP contribution < -0.4 is 10.7 Å². The molecule has 4 unspecified atom stereocenters. The highest BCUT2D eigenvalue weighted by Gasteiger charge is 2.61. The molecular formula is C26H24N2O. The van der Waals surface area contributed by atoms with Gasteiger partial charge in [0.2, 0.25) is 0 Å². The van der Waals surface area contributed by atoms with Crippen LogP contribution in [0.25, 0.3) is 34.7 Å². The van der Waals surface area contributed by atoms with Crippen molar-refractivity contribution in [3.8, 4) is 22.5 Å². The summed E-state index contributed by atoms with van der Waals surface area (Å²) in [5.41, 5.74) is 3.91. The predicted molar refractivity (Wildman–Crippen MR) is 115 cm³/mol. The lowest BCUT2D eigenvalue weighted by molar-refractivity contribution is -0.0357. The second-order valence-corrected chi connectivity index (χ2v) is 9.04. The molecule has 4 atom stereocenters. The van der Waals surface area contributed by atoms with Gasteiger partial charge in [-0.05, 0) is 38.8 Å². The largest absolute Gasteiger partial charge is 0.368 e. The van der Waals surface area contributed by atoms with Crippen molar-refractivity contribution in [2.75, 3.05) is 0 Å². The van der Waals surface area contributed by atoms with Crippen molar-refractivity contribution in [3.63, 3.8) is 0 Å². The van der Waals surface area contributed by atoms with Crippen molar-refractivity contribution in [3.05, 3.63) is 71.4 Å². The minimum Gasteiger partial charge on any atom is -0.368 e. The lowest BCUT2D eigenvalue weighted by Gasteiger charge is -2.34. The van der Waals surface area contributed by atoms with Crippen LogP contribution in [0.15, 0.2) is 60.7 Å². The first-order valence-corrected chi connectivity index (χ1v) is 10.5. The Kier molecular flexibility index (Phi) is 3.46. The Bertz CT molecular complexity index is 1120. The van der Waals surface area contributed by atoms with E-state index in [1.807, 2.05) is 12.1 Å². The van der Waals surface area contributed by atoms with Gasteiger partial charge < -0.3 is 4.74 Å². The fourth-order valence-electron chi connectivity index (χ4n) is 5.56. The highest BCUT2D eigenvalue weighted by molar-refractivity contribution is 5.77. The highest BCUT2D eigenvalue weighted by atomic mass is 16.5. The van der Waals surface area contributed by atoms with E-state index in [0.717, 1.165) is 46.1 Å². The third kappa shape index (κ3) is 2.47. The molecule has 0 N–H and O–H groups in total. The molecule has 29 heavy (non-hydrogen) atoms. The van der Waals surface area contributed by atoms with E-state index in [9.17, 15) is 0 Å². The summed E-state index contributed by atoms with van der Waals surface area (Å²) in [6.07, 6.45) is 6.90. The Morgan fingerprint density at radius 1 is 0.690 bits per heavy atom. The van der Waals surface area contributed by atoms with Crippen LogP contribution in [0.2, 0.25) is 0 Å². The van der Waals surface area contributed by atoms with E-state index in [4.69, 9.17) is 14.7 Å². The van der Waals surface area contributed by atoms with Gasteiger partial charge in [0, 0.05) is 23.0 Å². The zero-order valence-electron chi connectivity index (χ0n) is 16.8. The van der Waals surface area contributed by atoms with Crippen LogP contribution >= 0.6 is 0 Å². The highest BCUT2D eigenvalue weighted by Crippen LogP contribution is 2.58. The van der Waals surface area contributed by atoms with Crippen LogP contribution in [0, 0.1) is 11.8 Å². The number of aromatic nitrogens is 2. The Morgan fingerprint density at radius 2 is 1.10 bits per heavy atom. The molecule has 144 valence electrons. The summed E-state index contributed by atoms with van der Waals surface area (Å²) in [5, 5.41) is 1.98. The number of rotatable bonds is 2. The van der Waals surface area contributed by atoms with Crippen molar-refractivity contribution in [2.45, 2.75) is 37.9 Å². The van der Waals surface area contributed by atoms with Crippen LogP contribution in [0.4, 0.5) is 0 Å². The molecular weight excluding hydrogens is 356 g/mol. The molecule has 3 nitrogen and oxygen atoms in total. The summed E-state index contributed by atoms with van der Waals surface area (Å²) in [4.78, 5) is 10.3. The van der Waals surface area contributed by atoms with Crippen molar-refractivity contribution in [1.82, 2.24) is 9.97 Å². The summed E-state index contributed by atoms with van der Waals surface area (Å²) in [7, 11) is 0. The molecule has 0 spiro atoms. The maximum Gasteiger partial charge on any atom is 0.0972 e. The normalized spacial score (nSPS) is 31.5. The van der Waals surface area contributed by atoms with E-state index in [-0.39, 0.29) is 11.2 Å². The van der Waals surface area contributed by atoms with Gasteiger partial charge in [0.1, 0.15) is 0 Å². The minimum atomic E-state index is -0.0830. The van der Waals surface area contributed by atoms with Gasteiger partial charge in [-0.3, -0.25) is 0 Å². The Balaban J connectivity index is 1.62. The molecule has 6 rings (SSSR count). The topological polar surface area (TPSA) is 35.0 Å². The first-order valence-electron chi connectivity index (χ1n) is 10.5. The Morgan fingerprint density at radius 3 is 1.52 bits per heavy atom.